The first-order valence-electron chi connectivity index (χ1n) is 9.75. The van der Waals surface area contributed by atoms with Gasteiger partial charge in [-0.05, 0) is 0 Å². The Morgan fingerprint density at radius 1 is 0.966 bits per heavy atom. The zero-order valence-electron chi connectivity index (χ0n) is 18.1. The van der Waals surface area contributed by atoms with Gasteiger partial charge < -0.3 is 24.8 Å². The Bertz CT molecular complexity index is 1010. The number of hydrogen-bond acceptors (Lipinski definition) is 2. The van der Waals surface area contributed by atoms with Crippen molar-refractivity contribution in [3.63, 3.8) is 0 Å². The van der Waals surface area contributed by atoms with Crippen molar-refractivity contribution in [1.29, 1.82) is 0 Å². The molecule has 0 fully saturated rings. The number of benzene rings is 1. The summed E-state index contributed by atoms with van der Waals surface area (Å²) in [7, 11) is -5.20. The summed E-state index contributed by atoms with van der Waals surface area (Å²) in [6, 6.07) is 9.78. The normalized spacial score (nSPS) is 22.6. The summed E-state index contributed by atoms with van der Waals surface area (Å²) in [6.45, 7) is 16.3. The summed E-state index contributed by atoms with van der Waals surface area (Å²) in [5.74, 6) is 0.878. The third-order valence-electron chi connectivity index (χ3n) is 6.71. The third kappa shape index (κ3) is 3.41. The van der Waals surface area contributed by atoms with E-state index in [1.165, 1.54) is 37.0 Å². The SMILES string of the molecule is CC[Si](C)(C)[Si]1(C)C2=C1C1=[C]([Ti+2])c3ccccc3C1=C(O[Si](C)(C)C)C2=O.[Cl-].[Cl-]. The summed E-state index contributed by atoms with van der Waals surface area (Å²) in [5, 5.41) is 2.66. The topological polar surface area (TPSA) is 26.3 Å². The smallest absolute Gasteiger partial charge is 1.00 e. The molecule has 2 aliphatic carbocycles. The molecule has 0 radical (unpaired) electrons. The van der Waals surface area contributed by atoms with Gasteiger partial charge in [-0.3, -0.25) is 0 Å². The molecule has 0 saturated heterocycles. The quantitative estimate of drug-likeness (QED) is 0.502. The van der Waals surface area contributed by atoms with Gasteiger partial charge >= 0.3 is 178 Å². The zero-order chi connectivity index (χ0) is 19.9. The molecule has 1 atom stereocenters. The molecule has 8 heteroatoms. The average molecular weight is 514 g/mol. The third-order valence-corrected chi connectivity index (χ3v) is 26.2. The first-order valence-corrected chi connectivity index (χ1v) is 20.6. The van der Waals surface area contributed by atoms with Crippen molar-refractivity contribution in [2.24, 2.45) is 0 Å². The molecule has 0 saturated carbocycles. The molecular weight excluding hydrogens is 487 g/mol. The number of fused-ring (bicyclic) bond motifs is 4. The van der Waals surface area contributed by atoms with Crippen LogP contribution >= 0.6 is 0 Å². The van der Waals surface area contributed by atoms with Crippen LogP contribution in [0.1, 0.15) is 18.1 Å². The number of halogens is 2. The van der Waals surface area contributed by atoms with Crippen molar-refractivity contribution in [2.45, 2.75) is 52.2 Å². The fourth-order valence-electron chi connectivity index (χ4n) is 4.55. The molecule has 1 aromatic carbocycles. The molecule has 0 bridgehead atoms. The van der Waals surface area contributed by atoms with Crippen molar-refractivity contribution < 1.29 is 54.5 Å². The number of carbonyl (C=O) groups excluding carboxylic acids is 1. The minimum Gasteiger partial charge on any atom is -1.00 e. The van der Waals surface area contributed by atoms with Crippen LogP contribution in [0.3, 0.4) is 0 Å². The van der Waals surface area contributed by atoms with Gasteiger partial charge in [-0.1, -0.05) is 0 Å². The molecular formula is C21H27Cl2O2Si3Ti. The number of ketones is 1. The van der Waals surface area contributed by atoms with E-state index in [0.29, 0.717) is 5.76 Å². The van der Waals surface area contributed by atoms with Crippen LogP contribution in [0.15, 0.2) is 46.0 Å². The van der Waals surface area contributed by atoms with Gasteiger partial charge in [-0.2, -0.15) is 0 Å². The van der Waals surface area contributed by atoms with Crippen LogP contribution in [0.25, 0.3) is 9.45 Å². The minimum absolute atomic E-state index is 0. The van der Waals surface area contributed by atoms with Gasteiger partial charge in [0.2, 0.25) is 0 Å². The molecule has 29 heavy (non-hydrogen) atoms. The summed E-state index contributed by atoms with van der Waals surface area (Å²) in [5.41, 5.74) is 4.94. The van der Waals surface area contributed by atoms with Gasteiger partial charge in [0.15, 0.2) is 0 Å². The van der Waals surface area contributed by atoms with Gasteiger partial charge in [-0.15, -0.1) is 0 Å². The maximum absolute atomic E-state index is 13.7. The monoisotopic (exact) mass is 513 g/mol. The molecule has 0 aromatic heterocycles. The van der Waals surface area contributed by atoms with Crippen LogP contribution in [0.2, 0.25) is 45.3 Å². The predicted octanol–water partition coefficient (Wildman–Crippen LogP) is -0.615. The summed E-state index contributed by atoms with van der Waals surface area (Å²) >= 11 is 2.24. The van der Waals surface area contributed by atoms with E-state index < -0.39 is 23.5 Å². The zero-order valence-corrected chi connectivity index (χ0v) is 24.2. The molecule has 1 heterocycles. The Hall–Kier alpha value is -0.145. The van der Waals surface area contributed by atoms with Gasteiger partial charge in [-0.25, -0.2) is 0 Å². The van der Waals surface area contributed by atoms with Gasteiger partial charge in [0.1, 0.15) is 0 Å². The molecule has 1 aromatic rings. The van der Waals surface area contributed by atoms with Crippen molar-refractivity contribution in [3.05, 3.63) is 57.1 Å². The molecule has 3 aliphatic rings. The van der Waals surface area contributed by atoms with Crippen LogP contribution in [-0.2, 0) is 29.7 Å². The molecule has 0 spiro atoms. The van der Waals surface area contributed by atoms with Crippen LogP contribution in [0.4, 0.5) is 0 Å². The summed E-state index contributed by atoms with van der Waals surface area (Å²) in [4.78, 5) is 13.7. The van der Waals surface area contributed by atoms with Crippen molar-refractivity contribution in [3.8, 4) is 0 Å². The Morgan fingerprint density at radius 2 is 1.52 bits per heavy atom. The van der Waals surface area contributed by atoms with Gasteiger partial charge in [0.05, 0.1) is 0 Å². The maximum atomic E-state index is 13.7. The second-order valence-electron chi connectivity index (χ2n) is 9.66. The maximum Gasteiger partial charge on any atom is -1.00 e. The van der Waals surface area contributed by atoms with Crippen LogP contribution in [-0.4, -0.2) is 29.3 Å². The molecule has 2 nitrogen and oxygen atoms in total. The second-order valence-corrected chi connectivity index (χ2v) is 29.7. The largest absolute Gasteiger partial charge is 1.00 e. The Morgan fingerprint density at radius 3 is 2.03 bits per heavy atom. The first-order chi connectivity index (χ1) is 12.5. The van der Waals surface area contributed by atoms with E-state index in [9.17, 15) is 4.79 Å². The second kappa shape index (κ2) is 7.77. The van der Waals surface area contributed by atoms with E-state index in [1.54, 1.807) is 0 Å². The van der Waals surface area contributed by atoms with Crippen LogP contribution in [0, 0.1) is 0 Å². The molecule has 1 aliphatic heterocycles. The average Bonchev–Trinajstić information content (AvgIpc) is 3.13. The molecule has 0 amide bonds. The number of allylic oxidation sites excluding steroid dienone is 4. The van der Waals surface area contributed by atoms with Crippen molar-refractivity contribution in [1.82, 2.24) is 0 Å². The Balaban J connectivity index is 0.00000150. The molecule has 0 N–H and O–H groups in total. The van der Waals surface area contributed by atoms with Crippen molar-refractivity contribution >= 4 is 38.7 Å². The van der Waals surface area contributed by atoms with E-state index in [-0.39, 0.29) is 30.6 Å². The number of hydrogen-bond donors (Lipinski definition) is 0. The van der Waals surface area contributed by atoms with E-state index in [1.807, 2.05) is 0 Å². The fraction of sp³-hybridized carbons (Fsp3) is 0.381. The predicted molar refractivity (Wildman–Crippen MR) is 116 cm³/mol. The van der Waals surface area contributed by atoms with Crippen LogP contribution in [0.5, 0.6) is 0 Å². The molecule has 1 unspecified atom stereocenters. The number of rotatable bonds is 4. The van der Waals surface area contributed by atoms with E-state index in [2.05, 4.69) is 90.9 Å². The summed E-state index contributed by atoms with van der Waals surface area (Å²) in [6.07, 6.45) is 0. The number of Topliss-reactive ketones (excluding diaryl/α,β-unsaturated/α-hetero) is 1. The molecule has 4 rings (SSSR count). The minimum atomic E-state index is -1.90. The standard InChI is InChI=1S/C21H27O2Si3.2ClH.Ti/c1-8-25(5,6)26(7)20-16-13-14-11-9-10-12-15(14)17(16)19(18(22)21(20)26)23-24(2,3)4;;;/h9-12H,8H2,1-7H3;2*1H;/q;;;+2/p-2. The first kappa shape index (κ1) is 25.1. The van der Waals surface area contributed by atoms with Gasteiger partial charge in [0.25, 0.3) is 0 Å². The van der Waals surface area contributed by atoms with Gasteiger partial charge in [0, 0.05) is 0 Å². The van der Waals surface area contributed by atoms with E-state index >= 15 is 0 Å². The Labute approximate surface area is 201 Å². The van der Waals surface area contributed by atoms with E-state index in [0.717, 1.165) is 5.57 Å². The molecule has 153 valence electrons. The van der Waals surface area contributed by atoms with Crippen LogP contribution < -0.4 is 24.8 Å². The summed E-state index contributed by atoms with van der Waals surface area (Å²) < 4.78 is 7.83. The van der Waals surface area contributed by atoms with Crippen molar-refractivity contribution in [2.75, 3.05) is 0 Å². The fourth-order valence-corrected chi connectivity index (χ4v) is 19.0. The van der Waals surface area contributed by atoms with E-state index in [4.69, 9.17) is 4.43 Å². The Kier molecular flexibility index (Phi) is 6.73. The number of carbonyl (C=O) groups is 1.